The van der Waals surface area contributed by atoms with Crippen molar-refractivity contribution in [3.8, 4) is 0 Å². The first-order valence-electron chi connectivity index (χ1n) is 9.34. The van der Waals surface area contributed by atoms with E-state index in [9.17, 15) is 27.1 Å². The summed E-state index contributed by atoms with van der Waals surface area (Å²) in [5, 5.41) is 19.1. The van der Waals surface area contributed by atoms with Crippen molar-refractivity contribution in [3.05, 3.63) is 22.8 Å². The van der Waals surface area contributed by atoms with Crippen LogP contribution in [0.1, 0.15) is 37.5 Å². The van der Waals surface area contributed by atoms with Crippen molar-refractivity contribution in [2.75, 3.05) is 26.2 Å². The maximum Gasteiger partial charge on any atom is 0.488 e. The lowest BCUT2D eigenvalue weighted by Crippen LogP contribution is -2.49. The number of amides is 1. The lowest BCUT2D eigenvalue weighted by molar-refractivity contribution is 0.0138. The predicted octanol–water partition coefficient (Wildman–Crippen LogP) is 0.694. The standard InChI is InChI=1S/C18H28BFN2O6S/c1-12-14(10-15(19(24)25)13(2)16(12)29(20,26)27)11-21-6-8-22(9-7-21)17(23)28-18(3,4)5/h10,24-25H,6-9,11H2,1-5H3. The largest absolute Gasteiger partial charge is 0.488 e. The van der Waals surface area contributed by atoms with E-state index in [4.69, 9.17) is 4.74 Å². The summed E-state index contributed by atoms with van der Waals surface area (Å²) in [6.45, 7) is 10.4. The Kier molecular flexibility index (Phi) is 6.99. The summed E-state index contributed by atoms with van der Waals surface area (Å²) in [6, 6.07) is 1.49. The SMILES string of the molecule is Cc1c(CN2CCN(C(=O)OC(C)(C)C)CC2)cc(B(O)O)c(C)c1S(=O)(=O)F. The second kappa shape index (κ2) is 8.59. The van der Waals surface area contributed by atoms with Crippen molar-refractivity contribution in [2.24, 2.45) is 0 Å². The first kappa shape index (κ1) is 23.6. The first-order chi connectivity index (χ1) is 13.2. The third-order valence-electron chi connectivity index (χ3n) is 4.87. The van der Waals surface area contributed by atoms with Gasteiger partial charge in [-0.1, -0.05) is 6.07 Å². The molecule has 1 heterocycles. The molecule has 1 aliphatic heterocycles. The zero-order chi connectivity index (χ0) is 22.1. The highest BCUT2D eigenvalue weighted by molar-refractivity contribution is 7.86. The highest BCUT2D eigenvalue weighted by Gasteiger charge is 2.29. The van der Waals surface area contributed by atoms with E-state index in [1.54, 1.807) is 25.7 Å². The molecule has 1 fully saturated rings. The van der Waals surface area contributed by atoms with Gasteiger partial charge < -0.3 is 19.7 Å². The molecule has 2 rings (SSSR count). The molecular formula is C18H28BFN2O6S. The van der Waals surface area contributed by atoms with Crippen LogP contribution in [0.15, 0.2) is 11.0 Å². The quantitative estimate of drug-likeness (QED) is 0.535. The molecule has 0 aliphatic carbocycles. The summed E-state index contributed by atoms with van der Waals surface area (Å²) in [7, 11) is -6.95. The van der Waals surface area contributed by atoms with Crippen molar-refractivity contribution >= 4 is 28.9 Å². The van der Waals surface area contributed by atoms with Gasteiger partial charge in [0.05, 0.1) is 0 Å². The second-order valence-electron chi connectivity index (χ2n) is 8.26. The number of benzene rings is 1. The van der Waals surface area contributed by atoms with E-state index >= 15 is 0 Å². The fourth-order valence-electron chi connectivity index (χ4n) is 3.42. The molecule has 8 nitrogen and oxygen atoms in total. The van der Waals surface area contributed by atoms with Crippen LogP contribution in [0, 0.1) is 13.8 Å². The van der Waals surface area contributed by atoms with E-state index in [2.05, 4.69) is 0 Å². The Morgan fingerprint density at radius 3 is 2.17 bits per heavy atom. The molecule has 1 aromatic rings. The lowest BCUT2D eigenvalue weighted by atomic mass is 9.75. The Labute approximate surface area is 171 Å². The van der Waals surface area contributed by atoms with Gasteiger partial charge in [-0.2, -0.15) is 8.42 Å². The second-order valence-corrected chi connectivity index (χ2v) is 9.54. The van der Waals surface area contributed by atoms with Crippen molar-refractivity contribution < 1.29 is 31.9 Å². The average molecular weight is 430 g/mol. The van der Waals surface area contributed by atoms with Crippen LogP contribution >= 0.6 is 0 Å². The molecule has 0 unspecified atom stereocenters. The molecule has 0 spiro atoms. The fraction of sp³-hybridized carbons (Fsp3) is 0.611. The summed E-state index contributed by atoms with van der Waals surface area (Å²) in [5.74, 6) is 0. The number of rotatable bonds is 4. The molecule has 11 heteroatoms. The van der Waals surface area contributed by atoms with Gasteiger partial charge in [-0.15, -0.1) is 3.89 Å². The van der Waals surface area contributed by atoms with Gasteiger partial charge in [0.25, 0.3) is 0 Å². The van der Waals surface area contributed by atoms with Crippen molar-refractivity contribution in [1.82, 2.24) is 9.80 Å². The Morgan fingerprint density at radius 2 is 1.72 bits per heavy atom. The minimum Gasteiger partial charge on any atom is -0.444 e. The molecule has 0 aromatic heterocycles. The molecule has 0 bridgehead atoms. The van der Waals surface area contributed by atoms with Gasteiger partial charge in [0.1, 0.15) is 10.5 Å². The number of hydrogen-bond acceptors (Lipinski definition) is 7. The summed E-state index contributed by atoms with van der Waals surface area (Å²) < 4.78 is 42.5. The highest BCUT2D eigenvalue weighted by atomic mass is 32.3. The smallest absolute Gasteiger partial charge is 0.444 e. The third-order valence-corrected chi connectivity index (χ3v) is 5.97. The number of hydrogen-bond donors (Lipinski definition) is 2. The molecule has 1 aliphatic rings. The Hall–Kier alpha value is -1.69. The van der Waals surface area contributed by atoms with Gasteiger partial charge in [0, 0.05) is 32.7 Å². The molecule has 0 saturated carbocycles. The Balaban J connectivity index is 2.19. The van der Waals surface area contributed by atoms with E-state index in [0.29, 0.717) is 31.7 Å². The van der Waals surface area contributed by atoms with Gasteiger partial charge >= 0.3 is 23.4 Å². The minimum atomic E-state index is -5.03. The normalized spacial score (nSPS) is 16.1. The summed E-state index contributed by atoms with van der Waals surface area (Å²) in [4.78, 5) is 15.2. The summed E-state index contributed by atoms with van der Waals surface area (Å²) >= 11 is 0. The highest BCUT2D eigenvalue weighted by Crippen LogP contribution is 2.25. The number of ether oxygens (including phenoxy) is 1. The van der Waals surface area contributed by atoms with Gasteiger partial charge in [-0.3, -0.25) is 4.90 Å². The van der Waals surface area contributed by atoms with E-state index in [1.165, 1.54) is 19.9 Å². The van der Waals surface area contributed by atoms with Gasteiger partial charge in [0.2, 0.25) is 0 Å². The van der Waals surface area contributed by atoms with Crippen molar-refractivity contribution in [1.29, 1.82) is 0 Å². The third kappa shape index (κ3) is 5.91. The number of carbonyl (C=O) groups excluding carboxylic acids is 1. The molecule has 0 radical (unpaired) electrons. The molecule has 1 aromatic carbocycles. The molecular weight excluding hydrogens is 402 g/mol. The summed E-state index contributed by atoms with van der Waals surface area (Å²) in [6.07, 6.45) is -0.389. The Bertz CT molecular complexity index is 877. The molecule has 29 heavy (non-hydrogen) atoms. The topological polar surface area (TPSA) is 107 Å². The van der Waals surface area contributed by atoms with Crippen LogP contribution in [0.4, 0.5) is 8.68 Å². The van der Waals surface area contributed by atoms with Crippen LogP contribution < -0.4 is 5.46 Å². The van der Waals surface area contributed by atoms with E-state index in [1.807, 2.05) is 4.90 Å². The monoisotopic (exact) mass is 430 g/mol. The molecule has 162 valence electrons. The van der Waals surface area contributed by atoms with E-state index in [-0.39, 0.29) is 29.2 Å². The first-order valence-corrected chi connectivity index (χ1v) is 10.7. The van der Waals surface area contributed by atoms with Crippen LogP contribution in [0.3, 0.4) is 0 Å². The maximum atomic E-state index is 13.9. The van der Waals surface area contributed by atoms with E-state index < -0.39 is 27.8 Å². The van der Waals surface area contributed by atoms with Gasteiger partial charge in [-0.25, -0.2) is 4.79 Å². The zero-order valence-corrected chi connectivity index (χ0v) is 18.2. The Morgan fingerprint density at radius 1 is 1.17 bits per heavy atom. The fourth-order valence-corrected chi connectivity index (χ4v) is 4.40. The average Bonchev–Trinajstić information content (AvgIpc) is 2.55. The molecule has 2 N–H and O–H groups in total. The summed E-state index contributed by atoms with van der Waals surface area (Å²) in [5.41, 5.74) is 0.0839. The van der Waals surface area contributed by atoms with Crippen LogP contribution in [-0.2, 0) is 21.5 Å². The van der Waals surface area contributed by atoms with Crippen molar-refractivity contribution in [3.63, 3.8) is 0 Å². The number of piperazine rings is 1. The van der Waals surface area contributed by atoms with Crippen LogP contribution in [0.2, 0.25) is 0 Å². The van der Waals surface area contributed by atoms with Crippen LogP contribution in [0.25, 0.3) is 0 Å². The molecule has 0 atom stereocenters. The van der Waals surface area contributed by atoms with Gasteiger partial charge in [-0.05, 0) is 56.8 Å². The lowest BCUT2D eigenvalue weighted by Gasteiger charge is -2.36. The molecule has 1 amide bonds. The molecule has 1 saturated heterocycles. The minimum absolute atomic E-state index is 0.0153. The maximum absolute atomic E-state index is 13.9. The van der Waals surface area contributed by atoms with E-state index in [0.717, 1.165) is 0 Å². The predicted molar refractivity (Wildman–Crippen MR) is 107 cm³/mol. The van der Waals surface area contributed by atoms with Crippen LogP contribution in [-0.4, -0.2) is 73.3 Å². The van der Waals surface area contributed by atoms with Gasteiger partial charge in [0.15, 0.2) is 0 Å². The van der Waals surface area contributed by atoms with Crippen LogP contribution in [0.5, 0.6) is 0 Å². The van der Waals surface area contributed by atoms with Crippen molar-refractivity contribution in [2.45, 2.75) is 51.7 Å². The number of nitrogens with zero attached hydrogens (tertiary/aromatic N) is 2. The number of carbonyl (C=O) groups is 1. The number of halogens is 1. The zero-order valence-electron chi connectivity index (χ0n) is 17.4.